The van der Waals surface area contributed by atoms with E-state index in [9.17, 15) is 14.7 Å². The summed E-state index contributed by atoms with van der Waals surface area (Å²) in [6.07, 6.45) is 3.89. The van der Waals surface area contributed by atoms with Gasteiger partial charge in [-0.3, -0.25) is 14.5 Å². The Balaban J connectivity index is 1.35. The van der Waals surface area contributed by atoms with E-state index in [0.717, 1.165) is 36.1 Å². The molecular weight excluding hydrogens is 595 g/mol. The average Bonchev–Trinajstić information content (AvgIpc) is 3.73. The highest BCUT2D eigenvalue weighted by Gasteiger charge is 2.48. The normalized spacial score (nSPS) is 18.8. The third-order valence-electron chi connectivity index (χ3n) is 7.63. The zero-order chi connectivity index (χ0) is 30.6. The van der Waals surface area contributed by atoms with Crippen LogP contribution < -0.4 is 14.4 Å². The number of carbonyl (C=O) groups excluding carboxylic acids is 2. The molecule has 44 heavy (non-hydrogen) atoms. The van der Waals surface area contributed by atoms with Crippen LogP contribution in [0, 0.1) is 0 Å². The number of hydrogen-bond donors (Lipinski definition) is 1. The molecule has 2 aliphatic rings. The first-order valence-electron chi connectivity index (χ1n) is 14.8. The van der Waals surface area contributed by atoms with Gasteiger partial charge in [0.1, 0.15) is 23.4 Å². The van der Waals surface area contributed by atoms with E-state index in [4.69, 9.17) is 9.47 Å². The van der Waals surface area contributed by atoms with Crippen molar-refractivity contribution >= 4 is 45.7 Å². The highest BCUT2D eigenvalue weighted by atomic mass is 32.2. The predicted molar refractivity (Wildman–Crippen MR) is 172 cm³/mol. The summed E-state index contributed by atoms with van der Waals surface area (Å²) in [6, 6.07) is 21.8. The first-order chi connectivity index (χ1) is 21.4. The van der Waals surface area contributed by atoms with Crippen molar-refractivity contribution in [2.75, 3.05) is 11.5 Å². The lowest BCUT2D eigenvalue weighted by Gasteiger charge is -2.22. The van der Waals surface area contributed by atoms with E-state index in [2.05, 4.69) is 17.1 Å². The van der Waals surface area contributed by atoms with E-state index in [1.54, 1.807) is 12.1 Å². The van der Waals surface area contributed by atoms with E-state index in [1.165, 1.54) is 28.0 Å². The molecule has 0 spiro atoms. The lowest BCUT2D eigenvalue weighted by molar-refractivity contribution is -0.132. The van der Waals surface area contributed by atoms with Crippen molar-refractivity contribution in [3.63, 3.8) is 0 Å². The second-order valence-corrected chi connectivity index (χ2v) is 13.1. The summed E-state index contributed by atoms with van der Waals surface area (Å²) in [5.41, 5.74) is 3.20. The number of amides is 1. The zero-order valence-electron chi connectivity index (χ0n) is 24.6. The number of carbonyl (C=O) groups is 2. The minimum absolute atomic E-state index is 0.00668. The molecule has 1 N–H and O–H groups in total. The van der Waals surface area contributed by atoms with Gasteiger partial charge in [-0.1, -0.05) is 85.3 Å². The van der Waals surface area contributed by atoms with Gasteiger partial charge in [0.2, 0.25) is 5.13 Å². The van der Waals surface area contributed by atoms with E-state index in [-0.39, 0.29) is 17.4 Å². The molecule has 2 aliphatic heterocycles. The first-order valence-corrected chi connectivity index (χ1v) is 16.6. The molecule has 8 nitrogen and oxygen atoms in total. The summed E-state index contributed by atoms with van der Waals surface area (Å²) in [4.78, 5) is 28.7. The van der Waals surface area contributed by atoms with Crippen molar-refractivity contribution in [2.24, 2.45) is 0 Å². The number of aromatic nitrogens is 2. The Bertz CT molecular complexity index is 1690. The molecular formula is C34H33N3O5S2. The molecule has 0 bridgehead atoms. The number of aliphatic hydroxyl groups is 1. The highest BCUT2D eigenvalue weighted by Crippen LogP contribution is 2.45. The molecule has 226 valence electrons. The summed E-state index contributed by atoms with van der Waals surface area (Å²) >= 11 is 2.76. The lowest BCUT2D eigenvalue weighted by Crippen LogP contribution is -2.29. The molecule has 2 atom stereocenters. The molecule has 1 amide bonds. The number of hydrogen-bond acceptors (Lipinski definition) is 9. The maximum Gasteiger partial charge on any atom is 0.301 e. The summed E-state index contributed by atoms with van der Waals surface area (Å²) < 4.78 is 12.4. The lowest BCUT2D eigenvalue weighted by atomic mass is 9.94. The number of ether oxygens (including phenoxy) is 2. The molecule has 0 aliphatic carbocycles. The summed E-state index contributed by atoms with van der Waals surface area (Å²) in [7, 11) is 0. The Morgan fingerprint density at radius 1 is 1.07 bits per heavy atom. The molecule has 3 heterocycles. The molecule has 1 saturated heterocycles. The number of ketones is 1. The van der Waals surface area contributed by atoms with E-state index < -0.39 is 17.7 Å². The average molecular weight is 628 g/mol. The van der Waals surface area contributed by atoms with Gasteiger partial charge in [-0.15, -0.1) is 10.2 Å². The molecule has 3 aromatic carbocycles. The smallest absolute Gasteiger partial charge is 0.301 e. The molecule has 2 unspecified atom stereocenters. The zero-order valence-corrected chi connectivity index (χ0v) is 26.2. The molecule has 4 aromatic rings. The summed E-state index contributed by atoms with van der Waals surface area (Å²) in [6.45, 7) is 4.74. The van der Waals surface area contributed by atoms with Crippen molar-refractivity contribution in [3.05, 3.63) is 101 Å². The highest BCUT2D eigenvalue weighted by molar-refractivity contribution is 8.00. The van der Waals surface area contributed by atoms with Gasteiger partial charge in [0.15, 0.2) is 4.34 Å². The van der Waals surface area contributed by atoms with E-state index in [0.29, 0.717) is 45.1 Å². The van der Waals surface area contributed by atoms with Crippen LogP contribution in [0.1, 0.15) is 61.4 Å². The van der Waals surface area contributed by atoms with Gasteiger partial charge in [-0.05, 0) is 60.4 Å². The number of unbranched alkanes of at least 4 members (excludes halogenated alkanes) is 2. The third-order valence-corrected chi connectivity index (χ3v) is 9.76. The molecule has 10 heteroatoms. The number of nitrogens with zero attached hydrogens (tertiary/aromatic N) is 3. The molecule has 0 radical (unpaired) electrons. The number of aliphatic hydroxyl groups excluding tert-OH is 1. The fraction of sp³-hybridized carbons (Fsp3) is 0.294. The number of Topliss-reactive ketones (excluding diaryl/α,β-unsaturated/α-hetero) is 1. The Morgan fingerprint density at radius 3 is 2.64 bits per heavy atom. The largest absolute Gasteiger partial charge is 0.507 e. The predicted octanol–water partition coefficient (Wildman–Crippen LogP) is 7.35. The van der Waals surface area contributed by atoms with E-state index >= 15 is 0 Å². The second kappa shape index (κ2) is 13.2. The Morgan fingerprint density at radius 2 is 1.86 bits per heavy atom. The number of anilines is 1. The maximum atomic E-state index is 13.7. The van der Waals surface area contributed by atoms with Crippen molar-refractivity contribution in [1.29, 1.82) is 0 Å². The SMILES string of the molecule is CCCCCOc1ccc(C2/C(=C(\O)c3ccc4c(c3)CC(C)O4)C(=O)C(=O)N2c2nnc(SCc3ccccc3)s2)cc1. The van der Waals surface area contributed by atoms with E-state index in [1.807, 2.05) is 67.6 Å². The fourth-order valence-electron chi connectivity index (χ4n) is 5.44. The van der Waals surface area contributed by atoms with Crippen LogP contribution in [-0.2, 0) is 21.8 Å². The van der Waals surface area contributed by atoms with Crippen LogP contribution in [0.3, 0.4) is 0 Å². The van der Waals surface area contributed by atoms with Crippen molar-refractivity contribution in [2.45, 2.75) is 61.8 Å². The summed E-state index contributed by atoms with van der Waals surface area (Å²) in [5.74, 6) is 0.385. The minimum atomic E-state index is -0.896. The number of thioether (sulfide) groups is 1. The minimum Gasteiger partial charge on any atom is -0.507 e. The molecule has 1 fully saturated rings. The quantitative estimate of drug-likeness (QED) is 0.0460. The molecule has 6 rings (SSSR count). The monoisotopic (exact) mass is 627 g/mol. The van der Waals surface area contributed by atoms with Crippen LogP contribution in [0.5, 0.6) is 11.5 Å². The topological polar surface area (TPSA) is 102 Å². The second-order valence-electron chi connectivity index (χ2n) is 10.9. The third kappa shape index (κ3) is 6.23. The first kappa shape index (κ1) is 29.9. The van der Waals surface area contributed by atoms with Crippen LogP contribution >= 0.6 is 23.1 Å². The molecule has 0 saturated carbocycles. The maximum absolute atomic E-state index is 13.7. The number of fused-ring (bicyclic) bond motifs is 1. The van der Waals surface area contributed by atoms with Gasteiger partial charge >= 0.3 is 5.91 Å². The van der Waals surface area contributed by atoms with Gasteiger partial charge in [0.25, 0.3) is 5.78 Å². The van der Waals surface area contributed by atoms with Gasteiger partial charge in [0, 0.05) is 17.7 Å². The Labute approximate surface area is 264 Å². The fourth-order valence-corrected chi connectivity index (χ4v) is 7.26. The van der Waals surface area contributed by atoms with Crippen LogP contribution in [0.2, 0.25) is 0 Å². The summed E-state index contributed by atoms with van der Waals surface area (Å²) in [5, 5.41) is 20.5. The Hall–Kier alpha value is -4.15. The van der Waals surface area contributed by atoms with Crippen molar-refractivity contribution in [1.82, 2.24) is 10.2 Å². The van der Waals surface area contributed by atoms with Gasteiger partial charge in [0.05, 0.1) is 18.2 Å². The van der Waals surface area contributed by atoms with Crippen LogP contribution in [0.4, 0.5) is 5.13 Å². The standard InChI is InChI=1S/C34H33N3O5S2/c1-3-4-8-17-41-26-14-11-23(12-15-26)29-28(30(38)24-13-16-27-25(19-24)18-21(2)42-27)31(39)32(40)37(29)33-35-36-34(44-33)43-20-22-9-6-5-7-10-22/h5-7,9-16,19,21,29,38H,3-4,8,17-18,20H2,1-2H3/b30-28+. The number of rotatable bonds is 11. The number of benzene rings is 3. The van der Waals surface area contributed by atoms with Gasteiger partial charge in [-0.2, -0.15) is 0 Å². The van der Waals surface area contributed by atoms with Crippen LogP contribution in [0.15, 0.2) is 82.7 Å². The van der Waals surface area contributed by atoms with Crippen molar-refractivity contribution < 1.29 is 24.2 Å². The van der Waals surface area contributed by atoms with Gasteiger partial charge < -0.3 is 14.6 Å². The Kier molecular flexibility index (Phi) is 8.99. The van der Waals surface area contributed by atoms with Crippen molar-refractivity contribution in [3.8, 4) is 11.5 Å². The van der Waals surface area contributed by atoms with Crippen LogP contribution in [-0.4, -0.2) is 39.7 Å². The van der Waals surface area contributed by atoms with Gasteiger partial charge in [-0.25, -0.2) is 0 Å². The molecule has 1 aromatic heterocycles. The van der Waals surface area contributed by atoms with Crippen LogP contribution in [0.25, 0.3) is 5.76 Å².